The van der Waals surface area contributed by atoms with Gasteiger partial charge in [-0.3, -0.25) is 9.88 Å². The number of benzene rings is 3. The van der Waals surface area contributed by atoms with Crippen molar-refractivity contribution < 1.29 is 0 Å². The highest BCUT2D eigenvalue weighted by molar-refractivity contribution is 5.93. The van der Waals surface area contributed by atoms with E-state index < -0.39 is 0 Å². The number of para-hydroxylation sites is 2. The van der Waals surface area contributed by atoms with Gasteiger partial charge in [-0.15, -0.1) is 0 Å². The van der Waals surface area contributed by atoms with Gasteiger partial charge >= 0.3 is 0 Å². The highest BCUT2D eigenvalue weighted by Gasteiger charge is 2.45. The lowest BCUT2D eigenvalue weighted by Gasteiger charge is -2.49. The molecule has 4 heteroatoms. The van der Waals surface area contributed by atoms with Crippen LogP contribution in [0.5, 0.6) is 0 Å². The lowest BCUT2D eigenvalue weighted by molar-refractivity contribution is 0.597. The van der Waals surface area contributed by atoms with Crippen molar-refractivity contribution in [3.63, 3.8) is 0 Å². The maximum Gasteiger partial charge on any atom is 0.137 e. The molecule has 0 bridgehead atoms. The van der Waals surface area contributed by atoms with Gasteiger partial charge in [-0.1, -0.05) is 70.2 Å². The van der Waals surface area contributed by atoms with Gasteiger partial charge in [-0.25, -0.2) is 4.98 Å². The van der Waals surface area contributed by atoms with Crippen LogP contribution in [0.15, 0.2) is 110 Å². The minimum Gasteiger partial charge on any atom is -0.309 e. The zero-order valence-electron chi connectivity index (χ0n) is 22.2. The molecule has 0 N–H and O–H groups in total. The lowest BCUT2D eigenvalue weighted by atomic mass is 9.66. The molecule has 0 aliphatic carbocycles. The summed E-state index contributed by atoms with van der Waals surface area (Å²) in [5.41, 5.74) is 11.0. The SMILES string of the molecule is CC1(C)c2ccccc2N2c3ccc(N(c4cccnc4)c4ccccn4)cc3C(C)(C)c3cccc1c32. The predicted molar refractivity (Wildman–Crippen MR) is 156 cm³/mol. The van der Waals surface area contributed by atoms with Crippen LogP contribution < -0.4 is 9.80 Å². The molecular formula is C34H30N4. The molecule has 4 heterocycles. The summed E-state index contributed by atoms with van der Waals surface area (Å²) in [7, 11) is 0. The summed E-state index contributed by atoms with van der Waals surface area (Å²) in [4.78, 5) is 13.8. The Morgan fingerprint density at radius 3 is 2.05 bits per heavy atom. The first-order chi connectivity index (χ1) is 18.4. The Morgan fingerprint density at radius 1 is 0.605 bits per heavy atom. The minimum atomic E-state index is -0.194. The molecule has 0 amide bonds. The van der Waals surface area contributed by atoms with E-state index in [1.165, 1.54) is 39.3 Å². The molecule has 0 atom stereocenters. The van der Waals surface area contributed by atoms with E-state index in [-0.39, 0.29) is 10.8 Å². The third-order valence-corrected chi connectivity index (χ3v) is 8.36. The zero-order valence-corrected chi connectivity index (χ0v) is 22.2. The molecule has 0 spiro atoms. The molecule has 7 rings (SSSR count). The Bertz CT molecular complexity index is 1630. The fourth-order valence-corrected chi connectivity index (χ4v) is 6.40. The summed E-state index contributed by atoms with van der Waals surface area (Å²) in [6.07, 6.45) is 5.54. The average molecular weight is 495 g/mol. The van der Waals surface area contributed by atoms with Crippen LogP contribution in [0.4, 0.5) is 34.3 Å². The van der Waals surface area contributed by atoms with Crippen molar-refractivity contribution in [1.29, 1.82) is 0 Å². The second-order valence-corrected chi connectivity index (χ2v) is 11.2. The van der Waals surface area contributed by atoms with E-state index in [9.17, 15) is 0 Å². The second kappa shape index (κ2) is 8.03. The summed E-state index contributed by atoms with van der Waals surface area (Å²) < 4.78 is 0. The predicted octanol–water partition coefficient (Wildman–Crippen LogP) is 8.69. The first-order valence-corrected chi connectivity index (χ1v) is 13.2. The summed E-state index contributed by atoms with van der Waals surface area (Å²) in [6.45, 7) is 9.41. The van der Waals surface area contributed by atoms with Crippen molar-refractivity contribution in [1.82, 2.24) is 9.97 Å². The van der Waals surface area contributed by atoms with Gasteiger partial charge < -0.3 is 4.90 Å². The van der Waals surface area contributed by atoms with Crippen LogP contribution in [-0.2, 0) is 10.8 Å². The molecule has 0 fully saturated rings. The lowest BCUT2D eigenvalue weighted by Crippen LogP contribution is -2.38. The zero-order chi connectivity index (χ0) is 26.1. The molecule has 186 valence electrons. The fraction of sp³-hybridized carbons (Fsp3) is 0.176. The van der Waals surface area contributed by atoms with Crippen molar-refractivity contribution in [2.45, 2.75) is 38.5 Å². The van der Waals surface area contributed by atoms with Crippen LogP contribution in [0.1, 0.15) is 49.9 Å². The van der Waals surface area contributed by atoms with Gasteiger partial charge in [0.1, 0.15) is 5.82 Å². The summed E-state index contributed by atoms with van der Waals surface area (Å²) in [6, 6.07) is 32.6. The monoisotopic (exact) mass is 494 g/mol. The van der Waals surface area contributed by atoms with Crippen LogP contribution >= 0.6 is 0 Å². The Labute approximate surface area is 224 Å². The molecule has 0 saturated carbocycles. The number of aromatic nitrogens is 2. The topological polar surface area (TPSA) is 32.3 Å². The van der Waals surface area contributed by atoms with Gasteiger partial charge in [0.15, 0.2) is 0 Å². The first kappa shape index (κ1) is 22.7. The molecule has 4 nitrogen and oxygen atoms in total. The number of anilines is 6. The Kier molecular flexibility index (Phi) is 4.80. The van der Waals surface area contributed by atoms with Crippen LogP contribution in [0.25, 0.3) is 0 Å². The number of fused-ring (bicyclic) bond motifs is 4. The first-order valence-electron chi connectivity index (χ1n) is 13.2. The third-order valence-electron chi connectivity index (χ3n) is 8.36. The van der Waals surface area contributed by atoms with Crippen molar-refractivity contribution >= 4 is 34.3 Å². The standard InChI is InChI=1S/C34H30N4/c1-33(2)25-12-5-6-15-29(25)38-30-18-17-23(21-28(30)34(3,4)27-14-9-13-26(33)32(27)38)37(24-11-10-19-35-22-24)31-16-7-8-20-36-31/h5-22H,1-4H3. The summed E-state index contributed by atoms with van der Waals surface area (Å²) in [5.74, 6) is 0.863. The van der Waals surface area contributed by atoms with Crippen LogP contribution in [-0.4, -0.2) is 9.97 Å². The van der Waals surface area contributed by atoms with Crippen LogP contribution in [0.3, 0.4) is 0 Å². The minimum absolute atomic E-state index is 0.0813. The molecule has 2 aromatic heterocycles. The molecule has 0 unspecified atom stereocenters. The highest BCUT2D eigenvalue weighted by atomic mass is 15.2. The van der Waals surface area contributed by atoms with Gasteiger partial charge in [0.2, 0.25) is 0 Å². The summed E-state index contributed by atoms with van der Waals surface area (Å²) >= 11 is 0. The van der Waals surface area contributed by atoms with Gasteiger partial charge in [-0.05, 0) is 70.8 Å². The normalized spacial score (nSPS) is 15.7. The van der Waals surface area contributed by atoms with E-state index in [1.54, 1.807) is 6.20 Å². The fourth-order valence-electron chi connectivity index (χ4n) is 6.40. The smallest absolute Gasteiger partial charge is 0.137 e. The van der Waals surface area contributed by atoms with Crippen LogP contribution in [0, 0.1) is 0 Å². The summed E-state index contributed by atoms with van der Waals surface area (Å²) in [5, 5.41) is 0. The molecule has 0 saturated heterocycles. The van der Waals surface area contributed by atoms with Gasteiger partial charge in [-0.2, -0.15) is 0 Å². The molecule has 2 aliphatic heterocycles. The maximum atomic E-state index is 4.70. The maximum absolute atomic E-state index is 4.70. The number of hydrogen-bond donors (Lipinski definition) is 0. The number of hydrogen-bond acceptors (Lipinski definition) is 4. The van der Waals surface area contributed by atoms with Crippen molar-refractivity contribution in [3.05, 3.63) is 132 Å². The van der Waals surface area contributed by atoms with Gasteiger partial charge in [0.05, 0.1) is 28.9 Å². The molecule has 38 heavy (non-hydrogen) atoms. The number of nitrogens with zero attached hydrogens (tertiary/aromatic N) is 4. The van der Waals surface area contributed by atoms with E-state index in [1.807, 2.05) is 36.7 Å². The second-order valence-electron chi connectivity index (χ2n) is 11.2. The van der Waals surface area contributed by atoms with Crippen molar-refractivity contribution in [3.8, 4) is 0 Å². The van der Waals surface area contributed by atoms with E-state index in [0.29, 0.717) is 0 Å². The molecule has 3 aromatic carbocycles. The Morgan fingerprint density at radius 2 is 1.32 bits per heavy atom. The molecule has 0 radical (unpaired) electrons. The third kappa shape index (κ3) is 3.10. The molecule has 5 aromatic rings. The van der Waals surface area contributed by atoms with E-state index in [0.717, 1.165) is 17.2 Å². The Hall–Kier alpha value is -4.44. The van der Waals surface area contributed by atoms with Gasteiger partial charge in [0, 0.05) is 28.9 Å². The van der Waals surface area contributed by atoms with E-state index in [4.69, 9.17) is 4.98 Å². The number of pyridine rings is 2. The average Bonchev–Trinajstić information content (AvgIpc) is 2.94. The van der Waals surface area contributed by atoms with Gasteiger partial charge in [0.25, 0.3) is 0 Å². The molecular weight excluding hydrogens is 464 g/mol. The quantitative estimate of drug-likeness (QED) is 0.251. The van der Waals surface area contributed by atoms with Crippen LogP contribution in [0.2, 0.25) is 0 Å². The number of rotatable bonds is 3. The van der Waals surface area contributed by atoms with E-state index >= 15 is 0 Å². The van der Waals surface area contributed by atoms with E-state index in [2.05, 4.69) is 109 Å². The molecule has 2 aliphatic rings. The largest absolute Gasteiger partial charge is 0.309 e. The highest BCUT2D eigenvalue weighted by Crippen LogP contribution is 2.60. The van der Waals surface area contributed by atoms with Crippen molar-refractivity contribution in [2.75, 3.05) is 9.80 Å². The van der Waals surface area contributed by atoms with Crippen molar-refractivity contribution in [2.24, 2.45) is 0 Å². The Balaban J connectivity index is 1.49.